The molecule has 1 aromatic heterocycles. The van der Waals surface area contributed by atoms with Crippen molar-refractivity contribution in [3.8, 4) is 17.2 Å². The van der Waals surface area contributed by atoms with E-state index in [0.29, 0.717) is 50.5 Å². The van der Waals surface area contributed by atoms with Crippen LogP contribution < -0.4 is 29.7 Å². The van der Waals surface area contributed by atoms with Crippen LogP contribution in [-0.2, 0) is 4.79 Å². The molecule has 11 heteroatoms. The summed E-state index contributed by atoms with van der Waals surface area (Å²) in [4.78, 5) is 32.9. The summed E-state index contributed by atoms with van der Waals surface area (Å²) >= 11 is 5.37. The lowest BCUT2D eigenvalue weighted by atomic mass is 9.94. The highest BCUT2D eigenvalue weighted by Gasteiger charge is 2.34. The summed E-state index contributed by atoms with van der Waals surface area (Å²) in [5.41, 5.74) is 2.56. The molecule has 40 heavy (non-hydrogen) atoms. The molecule has 0 saturated heterocycles. The molecule has 0 unspecified atom stereocenters. The van der Waals surface area contributed by atoms with Crippen molar-refractivity contribution < 1.29 is 19.4 Å². The van der Waals surface area contributed by atoms with Crippen LogP contribution in [0.5, 0.6) is 17.2 Å². The summed E-state index contributed by atoms with van der Waals surface area (Å²) in [6.07, 6.45) is 1.78. The minimum Gasteiger partial charge on any atom is -0.506 e. The van der Waals surface area contributed by atoms with Gasteiger partial charge in [0.05, 0.1) is 37.2 Å². The first-order chi connectivity index (χ1) is 19.2. The lowest BCUT2D eigenvalue weighted by molar-refractivity contribution is -0.113. The average molecular weight is 779 g/mol. The summed E-state index contributed by atoms with van der Waals surface area (Å²) in [5.74, 6) is 0.894. The van der Waals surface area contributed by atoms with Crippen LogP contribution in [0.3, 0.4) is 0 Å². The number of anilines is 1. The molecular formula is C29H23I2N3O5S. The summed E-state index contributed by atoms with van der Waals surface area (Å²) in [6.45, 7) is 1.77. The summed E-state index contributed by atoms with van der Waals surface area (Å²) < 4.78 is 14.4. The number of benzene rings is 3. The molecule has 3 aromatic carbocycles. The smallest absolute Gasteiger partial charge is 0.271 e. The third kappa shape index (κ3) is 5.41. The zero-order valence-electron chi connectivity index (χ0n) is 21.6. The normalized spacial score (nSPS) is 14.9. The maximum Gasteiger partial charge on any atom is 0.271 e. The van der Waals surface area contributed by atoms with Crippen LogP contribution in [0.1, 0.15) is 24.1 Å². The molecule has 0 spiro atoms. The van der Waals surface area contributed by atoms with Crippen molar-refractivity contribution in [3.63, 3.8) is 0 Å². The molecule has 1 amide bonds. The van der Waals surface area contributed by atoms with E-state index in [4.69, 9.17) is 14.5 Å². The van der Waals surface area contributed by atoms with Gasteiger partial charge in [0.15, 0.2) is 4.80 Å². The van der Waals surface area contributed by atoms with Crippen LogP contribution in [0.4, 0.5) is 5.69 Å². The summed E-state index contributed by atoms with van der Waals surface area (Å²) in [6, 6.07) is 17.3. The SMILES string of the molecule is COc1ccc([C@@H]2C(C(=O)Nc3ccccc3)=C(C)N=c3s/c(=C\c4cc(I)c(O)c(I)c4)c(=O)n32)c(OC)c1. The van der Waals surface area contributed by atoms with Crippen LogP contribution in [0, 0.1) is 7.14 Å². The number of halogens is 2. The molecule has 1 atom stereocenters. The number of nitrogens with one attached hydrogen (secondary N) is 1. The van der Waals surface area contributed by atoms with E-state index in [1.807, 2.05) is 30.3 Å². The second-order valence-electron chi connectivity index (χ2n) is 8.84. The van der Waals surface area contributed by atoms with Crippen LogP contribution >= 0.6 is 56.5 Å². The topological polar surface area (TPSA) is 102 Å². The zero-order chi connectivity index (χ0) is 28.6. The van der Waals surface area contributed by atoms with Crippen LogP contribution in [0.25, 0.3) is 6.08 Å². The lowest BCUT2D eigenvalue weighted by Gasteiger charge is -2.26. The van der Waals surface area contributed by atoms with E-state index in [1.165, 1.54) is 18.4 Å². The lowest BCUT2D eigenvalue weighted by Crippen LogP contribution is -2.40. The molecule has 2 heterocycles. The van der Waals surface area contributed by atoms with Crippen molar-refractivity contribution in [2.75, 3.05) is 19.5 Å². The standard InChI is InChI=1S/C29H23I2N3O5S/c1-15-24(27(36)33-17-7-5-4-6-8-17)25(19-10-9-18(38-2)14-22(19)39-3)34-28(37)23(40-29(34)32-15)13-16-11-20(30)26(35)21(31)12-16/h4-14,25,35H,1-3H3,(H,33,36)/b23-13-/t25-/m1/s1. The number of phenolic OH excluding ortho intramolecular Hbond substituents is 1. The molecule has 1 aliphatic rings. The molecule has 0 radical (unpaired) electrons. The monoisotopic (exact) mass is 779 g/mol. The fourth-order valence-corrected chi connectivity index (χ4v) is 7.35. The Kier molecular flexibility index (Phi) is 8.33. The largest absolute Gasteiger partial charge is 0.506 e. The molecule has 5 rings (SSSR count). The number of fused-ring (bicyclic) bond motifs is 1. The van der Waals surface area contributed by atoms with Gasteiger partial charge in [-0.1, -0.05) is 29.5 Å². The predicted octanol–water partition coefficient (Wildman–Crippen LogP) is 4.81. The number of aromatic nitrogens is 1. The molecule has 2 N–H and O–H groups in total. The van der Waals surface area contributed by atoms with Crippen LogP contribution in [-0.4, -0.2) is 29.8 Å². The van der Waals surface area contributed by atoms with E-state index in [2.05, 4.69) is 50.5 Å². The highest BCUT2D eigenvalue weighted by atomic mass is 127. The fraction of sp³-hybridized carbons (Fsp3) is 0.138. The van der Waals surface area contributed by atoms with Crippen molar-refractivity contribution in [1.29, 1.82) is 0 Å². The van der Waals surface area contributed by atoms with Gasteiger partial charge in [0.2, 0.25) is 0 Å². The molecule has 204 valence electrons. The Labute approximate surface area is 261 Å². The number of methoxy groups -OCH3 is 2. The van der Waals surface area contributed by atoms with Gasteiger partial charge in [-0.25, -0.2) is 4.99 Å². The van der Waals surface area contributed by atoms with E-state index in [1.54, 1.807) is 55.0 Å². The van der Waals surface area contributed by atoms with Crippen molar-refractivity contribution in [3.05, 3.63) is 110 Å². The summed E-state index contributed by atoms with van der Waals surface area (Å²) in [7, 11) is 3.10. The first-order valence-corrected chi connectivity index (χ1v) is 15.0. The van der Waals surface area contributed by atoms with Gasteiger partial charge >= 0.3 is 0 Å². The number of phenols is 1. The first kappa shape index (κ1) is 28.4. The predicted molar refractivity (Wildman–Crippen MR) is 172 cm³/mol. The van der Waals surface area contributed by atoms with Crippen molar-refractivity contribution in [2.45, 2.75) is 13.0 Å². The molecule has 0 aliphatic carbocycles. The number of carbonyl (C=O) groups is 1. The van der Waals surface area contributed by atoms with Gasteiger partial charge in [0.1, 0.15) is 23.3 Å². The van der Waals surface area contributed by atoms with E-state index in [9.17, 15) is 14.7 Å². The molecule has 0 saturated carbocycles. The number of allylic oxidation sites excluding steroid dienone is 1. The number of hydrogen-bond acceptors (Lipinski definition) is 7. The summed E-state index contributed by atoms with van der Waals surface area (Å²) in [5, 5.41) is 13.1. The molecule has 4 aromatic rings. The Morgan fingerprint density at radius 1 is 1.07 bits per heavy atom. The Morgan fingerprint density at radius 3 is 2.42 bits per heavy atom. The Morgan fingerprint density at radius 2 is 1.77 bits per heavy atom. The van der Waals surface area contributed by atoms with Crippen molar-refractivity contribution in [1.82, 2.24) is 4.57 Å². The Hall–Kier alpha value is -3.17. The highest BCUT2D eigenvalue weighted by molar-refractivity contribution is 14.1. The quantitative estimate of drug-likeness (QED) is 0.274. The van der Waals surface area contributed by atoms with Gasteiger partial charge in [-0.2, -0.15) is 0 Å². The van der Waals surface area contributed by atoms with Crippen molar-refractivity contribution in [2.24, 2.45) is 4.99 Å². The van der Waals surface area contributed by atoms with Gasteiger partial charge in [0.25, 0.3) is 11.5 Å². The number of aromatic hydroxyl groups is 1. The van der Waals surface area contributed by atoms with E-state index in [0.717, 1.165) is 5.56 Å². The highest BCUT2D eigenvalue weighted by Crippen LogP contribution is 2.37. The molecular weight excluding hydrogens is 756 g/mol. The van der Waals surface area contributed by atoms with Crippen LogP contribution in [0.2, 0.25) is 0 Å². The Bertz CT molecular complexity index is 1820. The second kappa shape index (κ2) is 11.7. The number of hydrogen-bond donors (Lipinski definition) is 2. The maximum absolute atomic E-state index is 14.0. The van der Waals surface area contributed by atoms with Gasteiger partial charge in [-0.15, -0.1) is 0 Å². The minimum atomic E-state index is -0.803. The van der Waals surface area contributed by atoms with Gasteiger partial charge < -0.3 is 19.9 Å². The number of ether oxygens (including phenoxy) is 2. The molecule has 1 aliphatic heterocycles. The third-order valence-electron chi connectivity index (χ3n) is 6.37. The van der Waals surface area contributed by atoms with Gasteiger partial charge in [-0.3, -0.25) is 14.2 Å². The minimum absolute atomic E-state index is 0.205. The number of rotatable bonds is 6. The van der Waals surface area contributed by atoms with E-state index >= 15 is 0 Å². The number of amides is 1. The molecule has 8 nitrogen and oxygen atoms in total. The number of thiazole rings is 1. The third-order valence-corrected chi connectivity index (χ3v) is 9.00. The second-order valence-corrected chi connectivity index (χ2v) is 12.2. The number of carbonyl (C=O) groups excluding carboxylic acids is 1. The first-order valence-electron chi connectivity index (χ1n) is 12.0. The zero-order valence-corrected chi connectivity index (χ0v) is 26.7. The van der Waals surface area contributed by atoms with E-state index in [-0.39, 0.29) is 17.2 Å². The van der Waals surface area contributed by atoms with Crippen LogP contribution in [0.15, 0.2) is 81.7 Å². The maximum atomic E-state index is 14.0. The number of para-hydroxylation sites is 1. The number of nitrogens with zero attached hydrogens (tertiary/aromatic N) is 2. The average Bonchev–Trinajstić information content (AvgIpc) is 3.24. The molecule has 0 bridgehead atoms. The van der Waals surface area contributed by atoms with Crippen molar-refractivity contribution >= 4 is 74.2 Å². The van der Waals surface area contributed by atoms with Gasteiger partial charge in [0, 0.05) is 17.3 Å². The molecule has 0 fully saturated rings. The fourth-order valence-electron chi connectivity index (χ4n) is 4.49. The van der Waals surface area contributed by atoms with Gasteiger partial charge in [-0.05, 0) is 100 Å². The Balaban J connectivity index is 1.73. The van der Waals surface area contributed by atoms with E-state index < -0.39 is 6.04 Å².